The second-order valence-electron chi connectivity index (χ2n) is 4.69. The van der Waals surface area contributed by atoms with Crippen molar-refractivity contribution in [1.82, 2.24) is 4.72 Å². The molecule has 5 nitrogen and oxygen atoms in total. The van der Waals surface area contributed by atoms with E-state index in [0.29, 0.717) is 10.7 Å². The molecule has 0 aliphatic carbocycles. The van der Waals surface area contributed by atoms with E-state index < -0.39 is 15.9 Å². The Hall–Kier alpha value is -1.89. The van der Waals surface area contributed by atoms with Crippen LogP contribution in [0.3, 0.4) is 0 Å². The summed E-state index contributed by atoms with van der Waals surface area (Å²) in [7, 11) is -3.74. The molecule has 116 valence electrons. The van der Waals surface area contributed by atoms with Crippen molar-refractivity contribution in [2.75, 3.05) is 11.9 Å². The molecule has 0 aliphatic heterocycles. The minimum Gasteiger partial charge on any atom is -0.325 e. The van der Waals surface area contributed by atoms with Gasteiger partial charge in [0, 0.05) is 10.7 Å². The molecule has 0 spiro atoms. The number of hydrogen-bond acceptors (Lipinski definition) is 3. The summed E-state index contributed by atoms with van der Waals surface area (Å²) in [5, 5.41) is 3.06. The van der Waals surface area contributed by atoms with E-state index in [1.54, 1.807) is 12.1 Å². The number of amides is 1. The Morgan fingerprint density at radius 1 is 1.05 bits per heavy atom. The normalized spacial score (nSPS) is 11.2. The van der Waals surface area contributed by atoms with Crippen molar-refractivity contribution in [1.29, 1.82) is 0 Å². The van der Waals surface area contributed by atoms with E-state index in [1.807, 2.05) is 19.1 Å². The molecule has 0 fully saturated rings. The highest BCUT2D eigenvalue weighted by molar-refractivity contribution is 7.89. The monoisotopic (exact) mass is 338 g/mol. The van der Waals surface area contributed by atoms with Gasteiger partial charge in [0.25, 0.3) is 0 Å². The number of halogens is 1. The van der Waals surface area contributed by atoms with Crippen molar-refractivity contribution in [3.63, 3.8) is 0 Å². The number of nitrogens with one attached hydrogen (secondary N) is 2. The second-order valence-corrected chi connectivity index (χ2v) is 6.90. The van der Waals surface area contributed by atoms with Crippen LogP contribution in [0.4, 0.5) is 5.69 Å². The predicted molar refractivity (Wildman–Crippen MR) is 86.4 cm³/mol. The van der Waals surface area contributed by atoms with Crippen LogP contribution in [-0.4, -0.2) is 20.9 Å². The van der Waals surface area contributed by atoms with Gasteiger partial charge in [0.05, 0.1) is 11.4 Å². The van der Waals surface area contributed by atoms with Gasteiger partial charge in [0.1, 0.15) is 0 Å². The van der Waals surface area contributed by atoms with E-state index >= 15 is 0 Å². The maximum absolute atomic E-state index is 12.0. The Labute approximate surface area is 134 Å². The van der Waals surface area contributed by atoms with Gasteiger partial charge in [-0.05, 0) is 43.3 Å². The smallest absolute Gasteiger partial charge is 0.241 e. The van der Waals surface area contributed by atoms with Crippen LogP contribution in [-0.2, 0) is 14.8 Å². The third kappa shape index (κ3) is 4.56. The Morgan fingerprint density at radius 2 is 1.64 bits per heavy atom. The predicted octanol–water partition coefficient (Wildman–Crippen LogP) is 2.57. The van der Waals surface area contributed by atoms with Crippen LogP contribution in [0.1, 0.15) is 5.56 Å². The molecule has 1 amide bonds. The summed E-state index contributed by atoms with van der Waals surface area (Å²) in [4.78, 5) is 11.8. The van der Waals surface area contributed by atoms with Crippen LogP contribution in [0, 0.1) is 6.92 Å². The number of anilines is 1. The highest BCUT2D eigenvalue weighted by atomic mass is 35.5. The molecule has 0 bridgehead atoms. The van der Waals surface area contributed by atoms with Gasteiger partial charge in [-0.15, -0.1) is 0 Å². The van der Waals surface area contributed by atoms with Crippen LogP contribution in [0.2, 0.25) is 5.02 Å². The molecule has 0 aromatic heterocycles. The van der Waals surface area contributed by atoms with E-state index in [9.17, 15) is 13.2 Å². The van der Waals surface area contributed by atoms with Crippen molar-refractivity contribution in [2.45, 2.75) is 11.8 Å². The first-order valence-corrected chi connectivity index (χ1v) is 8.35. The van der Waals surface area contributed by atoms with Gasteiger partial charge in [-0.2, -0.15) is 0 Å². The summed E-state index contributed by atoms with van der Waals surface area (Å²) < 4.78 is 26.3. The van der Waals surface area contributed by atoms with Gasteiger partial charge < -0.3 is 5.32 Å². The number of aryl methyl sites for hydroxylation is 1. The zero-order chi connectivity index (χ0) is 16.2. The standard InChI is InChI=1S/C15H15ClN2O3S/c1-11-2-6-13(7-3-11)18-15(19)10-17-22(20,21)14-8-4-12(16)5-9-14/h2-9,17H,10H2,1H3,(H,18,19). The van der Waals surface area contributed by atoms with E-state index in [4.69, 9.17) is 11.6 Å². The van der Waals surface area contributed by atoms with Gasteiger partial charge in [-0.25, -0.2) is 13.1 Å². The first-order chi connectivity index (χ1) is 10.4. The Kier molecular flexibility index (Phi) is 5.18. The number of benzene rings is 2. The molecule has 22 heavy (non-hydrogen) atoms. The lowest BCUT2D eigenvalue weighted by atomic mass is 10.2. The molecule has 2 rings (SSSR count). The molecule has 0 radical (unpaired) electrons. The van der Waals surface area contributed by atoms with E-state index in [0.717, 1.165) is 5.56 Å². The first kappa shape index (κ1) is 16.5. The fourth-order valence-corrected chi connectivity index (χ4v) is 2.81. The molecule has 2 aromatic carbocycles. The number of hydrogen-bond donors (Lipinski definition) is 2. The van der Waals surface area contributed by atoms with Crippen LogP contribution >= 0.6 is 11.6 Å². The quantitative estimate of drug-likeness (QED) is 0.879. The third-order valence-electron chi connectivity index (χ3n) is 2.88. The van der Waals surface area contributed by atoms with Crippen molar-refractivity contribution >= 4 is 33.2 Å². The minimum absolute atomic E-state index is 0.0556. The average molecular weight is 339 g/mol. The maximum atomic E-state index is 12.0. The Morgan fingerprint density at radius 3 is 2.23 bits per heavy atom. The molecule has 0 saturated carbocycles. The van der Waals surface area contributed by atoms with Gasteiger partial charge in [-0.1, -0.05) is 29.3 Å². The molecule has 7 heteroatoms. The van der Waals surface area contributed by atoms with Crippen LogP contribution in [0.5, 0.6) is 0 Å². The molecule has 0 atom stereocenters. The number of carbonyl (C=O) groups excluding carboxylic acids is 1. The van der Waals surface area contributed by atoms with Crippen molar-refractivity contribution in [3.8, 4) is 0 Å². The van der Waals surface area contributed by atoms with Crippen molar-refractivity contribution in [3.05, 3.63) is 59.1 Å². The average Bonchev–Trinajstić information content (AvgIpc) is 2.48. The summed E-state index contributed by atoms with van der Waals surface area (Å²) in [6.07, 6.45) is 0. The van der Waals surface area contributed by atoms with Crippen molar-refractivity contribution in [2.24, 2.45) is 0 Å². The highest BCUT2D eigenvalue weighted by Crippen LogP contribution is 2.13. The number of rotatable bonds is 5. The second kappa shape index (κ2) is 6.91. The molecule has 0 aliphatic rings. The topological polar surface area (TPSA) is 75.3 Å². The lowest BCUT2D eigenvalue weighted by molar-refractivity contribution is -0.115. The molecule has 2 N–H and O–H groups in total. The Balaban J connectivity index is 1.95. The fourth-order valence-electron chi connectivity index (χ4n) is 1.70. The van der Waals surface area contributed by atoms with Gasteiger partial charge >= 0.3 is 0 Å². The lowest BCUT2D eigenvalue weighted by Gasteiger charge is -2.08. The van der Waals surface area contributed by atoms with E-state index in [2.05, 4.69) is 10.0 Å². The molecule has 0 unspecified atom stereocenters. The van der Waals surface area contributed by atoms with Gasteiger partial charge in [0.15, 0.2) is 0 Å². The van der Waals surface area contributed by atoms with Crippen LogP contribution in [0.15, 0.2) is 53.4 Å². The fraction of sp³-hybridized carbons (Fsp3) is 0.133. The van der Waals surface area contributed by atoms with Crippen molar-refractivity contribution < 1.29 is 13.2 Å². The molecule has 0 saturated heterocycles. The summed E-state index contributed by atoms with van der Waals surface area (Å²) in [5.74, 6) is -0.443. The maximum Gasteiger partial charge on any atom is 0.241 e. The summed E-state index contributed by atoms with van der Waals surface area (Å²) in [5.41, 5.74) is 1.68. The SMILES string of the molecule is Cc1ccc(NC(=O)CNS(=O)(=O)c2ccc(Cl)cc2)cc1. The van der Waals surface area contributed by atoms with Gasteiger partial charge in [-0.3, -0.25) is 4.79 Å². The van der Waals surface area contributed by atoms with Gasteiger partial charge in [0.2, 0.25) is 15.9 Å². The number of carbonyl (C=O) groups is 1. The molecular formula is C15H15ClN2O3S. The van der Waals surface area contributed by atoms with Crippen LogP contribution < -0.4 is 10.0 Å². The summed E-state index contributed by atoms with van der Waals surface area (Å²) in [6, 6.07) is 12.9. The molecule has 2 aromatic rings. The lowest BCUT2D eigenvalue weighted by Crippen LogP contribution is -2.32. The third-order valence-corrected chi connectivity index (χ3v) is 4.55. The molecular weight excluding hydrogens is 324 g/mol. The van der Waals surface area contributed by atoms with E-state index in [-0.39, 0.29) is 11.4 Å². The number of sulfonamides is 1. The van der Waals surface area contributed by atoms with E-state index in [1.165, 1.54) is 24.3 Å². The zero-order valence-corrected chi connectivity index (χ0v) is 13.4. The first-order valence-electron chi connectivity index (χ1n) is 6.48. The molecule has 0 heterocycles. The van der Waals surface area contributed by atoms with Crippen LogP contribution in [0.25, 0.3) is 0 Å². The summed E-state index contributed by atoms with van der Waals surface area (Å²) in [6.45, 7) is 1.59. The largest absolute Gasteiger partial charge is 0.325 e. The Bertz CT molecular complexity index is 756. The zero-order valence-electron chi connectivity index (χ0n) is 11.8. The summed E-state index contributed by atoms with van der Waals surface area (Å²) >= 11 is 5.71. The minimum atomic E-state index is -3.74. The highest BCUT2D eigenvalue weighted by Gasteiger charge is 2.15.